The molecule has 0 saturated carbocycles. The number of nitriles is 1. The van der Waals surface area contributed by atoms with E-state index in [-0.39, 0.29) is 0 Å². The van der Waals surface area contributed by atoms with E-state index in [2.05, 4.69) is 28.9 Å². The molecule has 1 atom stereocenters. The van der Waals surface area contributed by atoms with Gasteiger partial charge in [-0.2, -0.15) is 5.26 Å². The van der Waals surface area contributed by atoms with Gasteiger partial charge in [0.2, 0.25) is 0 Å². The fraction of sp³-hybridized carbons (Fsp3) is 0.400. The van der Waals surface area contributed by atoms with Gasteiger partial charge in [-0.05, 0) is 24.1 Å². The average molecular weight is 241 g/mol. The second kappa shape index (κ2) is 6.34. The lowest BCUT2D eigenvalue weighted by molar-refractivity contribution is 0.174. The Balaban J connectivity index is 2.22. The lowest BCUT2D eigenvalue weighted by Gasteiger charge is -2.34. The zero-order valence-corrected chi connectivity index (χ0v) is 10.6. The lowest BCUT2D eigenvalue weighted by Crippen LogP contribution is -2.45. The van der Waals surface area contributed by atoms with Gasteiger partial charge >= 0.3 is 0 Å². The van der Waals surface area contributed by atoms with Gasteiger partial charge in [0.05, 0.1) is 11.6 Å². The molecule has 1 aromatic carbocycles. The topological polar surface area (TPSA) is 39.1 Å². The van der Waals surface area contributed by atoms with Crippen molar-refractivity contribution in [1.82, 2.24) is 10.2 Å². The highest BCUT2D eigenvalue weighted by molar-refractivity contribution is 5.34. The van der Waals surface area contributed by atoms with Crippen molar-refractivity contribution in [2.45, 2.75) is 12.5 Å². The first-order valence-corrected chi connectivity index (χ1v) is 6.41. The van der Waals surface area contributed by atoms with Gasteiger partial charge in [-0.3, -0.25) is 4.90 Å². The molecule has 1 aliphatic rings. The number of benzene rings is 1. The molecule has 1 aliphatic heterocycles. The number of piperazine rings is 1. The van der Waals surface area contributed by atoms with Crippen LogP contribution in [0.2, 0.25) is 0 Å². The van der Waals surface area contributed by atoms with Gasteiger partial charge < -0.3 is 5.32 Å². The molecule has 1 heterocycles. The Morgan fingerprint density at radius 3 is 2.89 bits per heavy atom. The lowest BCUT2D eigenvalue weighted by atomic mass is 9.99. The fourth-order valence-corrected chi connectivity index (χ4v) is 2.46. The van der Waals surface area contributed by atoms with Crippen molar-refractivity contribution >= 4 is 0 Å². The summed E-state index contributed by atoms with van der Waals surface area (Å²) in [4.78, 5) is 2.47. The van der Waals surface area contributed by atoms with E-state index in [1.807, 2.05) is 24.3 Å². The SMILES string of the molecule is C=CC[C@H](c1cccc(C#N)c1)N1CCNCC1. The molecule has 1 N–H and O–H groups in total. The normalized spacial score (nSPS) is 17.9. The first kappa shape index (κ1) is 12.8. The highest BCUT2D eigenvalue weighted by atomic mass is 15.2. The van der Waals surface area contributed by atoms with Gasteiger partial charge in [-0.1, -0.05) is 18.2 Å². The van der Waals surface area contributed by atoms with Crippen molar-refractivity contribution in [2.75, 3.05) is 26.2 Å². The van der Waals surface area contributed by atoms with Crippen LogP contribution in [0.3, 0.4) is 0 Å². The third-order valence-electron chi connectivity index (χ3n) is 3.38. The molecule has 0 aromatic heterocycles. The number of hydrogen-bond acceptors (Lipinski definition) is 3. The maximum absolute atomic E-state index is 8.99. The van der Waals surface area contributed by atoms with Crippen LogP contribution in [0.4, 0.5) is 0 Å². The van der Waals surface area contributed by atoms with Crippen LogP contribution in [-0.2, 0) is 0 Å². The Kier molecular flexibility index (Phi) is 4.52. The Morgan fingerprint density at radius 1 is 1.44 bits per heavy atom. The zero-order valence-electron chi connectivity index (χ0n) is 10.6. The molecule has 0 bridgehead atoms. The highest BCUT2D eigenvalue weighted by Gasteiger charge is 2.20. The largest absolute Gasteiger partial charge is 0.314 e. The molecule has 0 radical (unpaired) electrons. The predicted molar refractivity (Wildman–Crippen MR) is 73.2 cm³/mol. The van der Waals surface area contributed by atoms with Gasteiger partial charge in [-0.25, -0.2) is 0 Å². The van der Waals surface area contributed by atoms with Gasteiger partial charge in [0.25, 0.3) is 0 Å². The van der Waals surface area contributed by atoms with E-state index >= 15 is 0 Å². The van der Waals surface area contributed by atoms with Crippen LogP contribution in [0.1, 0.15) is 23.6 Å². The summed E-state index contributed by atoms with van der Waals surface area (Å²) in [7, 11) is 0. The second-order valence-electron chi connectivity index (χ2n) is 4.56. The summed E-state index contributed by atoms with van der Waals surface area (Å²) in [6.07, 6.45) is 2.89. The van der Waals surface area contributed by atoms with Gasteiger partial charge in [0.15, 0.2) is 0 Å². The number of nitrogens with one attached hydrogen (secondary N) is 1. The first-order valence-electron chi connectivity index (χ1n) is 6.41. The average Bonchev–Trinajstić information content (AvgIpc) is 2.46. The number of nitrogens with zero attached hydrogens (tertiary/aromatic N) is 2. The Labute approximate surface area is 109 Å². The van der Waals surface area contributed by atoms with Crippen LogP contribution in [0.5, 0.6) is 0 Å². The van der Waals surface area contributed by atoms with Crippen LogP contribution in [0.15, 0.2) is 36.9 Å². The third kappa shape index (κ3) is 2.98. The Bertz CT molecular complexity index is 441. The highest BCUT2D eigenvalue weighted by Crippen LogP contribution is 2.25. The van der Waals surface area contributed by atoms with Crippen molar-refractivity contribution in [1.29, 1.82) is 5.26 Å². The number of hydrogen-bond donors (Lipinski definition) is 1. The molecule has 3 nitrogen and oxygen atoms in total. The molecule has 0 amide bonds. The van der Waals surface area contributed by atoms with Crippen molar-refractivity contribution in [3.63, 3.8) is 0 Å². The third-order valence-corrected chi connectivity index (χ3v) is 3.38. The molecule has 3 heteroatoms. The molecule has 1 fully saturated rings. The molecule has 94 valence electrons. The maximum Gasteiger partial charge on any atom is 0.0991 e. The van der Waals surface area contributed by atoms with E-state index in [1.54, 1.807) is 0 Å². The standard InChI is InChI=1S/C15H19N3/c1-2-4-15(18-9-7-17-8-10-18)14-6-3-5-13(11-14)12-16/h2-3,5-6,11,15,17H,1,4,7-10H2/t15-/m1/s1. The van der Waals surface area contributed by atoms with Crippen LogP contribution in [-0.4, -0.2) is 31.1 Å². The molecule has 18 heavy (non-hydrogen) atoms. The minimum absolute atomic E-state index is 0.345. The van der Waals surface area contributed by atoms with Crippen molar-refractivity contribution in [3.8, 4) is 6.07 Å². The molecule has 0 unspecified atom stereocenters. The van der Waals surface area contributed by atoms with E-state index < -0.39 is 0 Å². The quantitative estimate of drug-likeness (QED) is 0.820. The minimum atomic E-state index is 0.345. The van der Waals surface area contributed by atoms with Crippen molar-refractivity contribution in [2.24, 2.45) is 0 Å². The Hall–Kier alpha value is -1.63. The maximum atomic E-state index is 8.99. The minimum Gasteiger partial charge on any atom is -0.314 e. The summed E-state index contributed by atoms with van der Waals surface area (Å²) in [6.45, 7) is 8.02. The van der Waals surface area contributed by atoms with Crippen LogP contribution < -0.4 is 5.32 Å². The monoisotopic (exact) mass is 241 g/mol. The van der Waals surface area contributed by atoms with E-state index in [0.29, 0.717) is 6.04 Å². The Morgan fingerprint density at radius 2 is 2.22 bits per heavy atom. The smallest absolute Gasteiger partial charge is 0.0991 e. The summed E-state index contributed by atoms with van der Waals surface area (Å²) in [6, 6.07) is 10.5. The first-order chi connectivity index (χ1) is 8.85. The zero-order chi connectivity index (χ0) is 12.8. The summed E-state index contributed by atoms with van der Waals surface area (Å²) >= 11 is 0. The molecule has 0 spiro atoms. The molecule has 2 rings (SSSR count). The predicted octanol–water partition coefficient (Wildman–Crippen LogP) is 2.08. The van der Waals surface area contributed by atoms with E-state index in [1.165, 1.54) is 5.56 Å². The van der Waals surface area contributed by atoms with Crippen molar-refractivity contribution < 1.29 is 0 Å². The van der Waals surface area contributed by atoms with Gasteiger partial charge in [0, 0.05) is 32.2 Å². The van der Waals surface area contributed by atoms with E-state index in [9.17, 15) is 0 Å². The van der Waals surface area contributed by atoms with E-state index in [0.717, 1.165) is 38.2 Å². The fourth-order valence-electron chi connectivity index (χ4n) is 2.46. The summed E-state index contributed by atoms with van der Waals surface area (Å²) in [5, 5.41) is 12.4. The molecule has 1 aromatic rings. The summed E-state index contributed by atoms with van der Waals surface area (Å²) in [5.74, 6) is 0. The van der Waals surface area contributed by atoms with Gasteiger partial charge in [-0.15, -0.1) is 6.58 Å². The van der Waals surface area contributed by atoms with E-state index in [4.69, 9.17) is 5.26 Å². The molecular formula is C15H19N3. The number of rotatable bonds is 4. The summed E-state index contributed by atoms with van der Waals surface area (Å²) < 4.78 is 0. The van der Waals surface area contributed by atoms with Crippen LogP contribution in [0, 0.1) is 11.3 Å². The van der Waals surface area contributed by atoms with Crippen LogP contribution in [0.25, 0.3) is 0 Å². The molecule has 0 aliphatic carbocycles. The summed E-state index contributed by atoms with van der Waals surface area (Å²) in [5.41, 5.74) is 1.95. The second-order valence-corrected chi connectivity index (χ2v) is 4.56. The van der Waals surface area contributed by atoms with Crippen LogP contribution >= 0.6 is 0 Å². The molecular weight excluding hydrogens is 222 g/mol. The van der Waals surface area contributed by atoms with Crippen molar-refractivity contribution in [3.05, 3.63) is 48.0 Å². The molecule has 1 saturated heterocycles. The van der Waals surface area contributed by atoms with Gasteiger partial charge in [0.1, 0.15) is 0 Å².